The van der Waals surface area contributed by atoms with Gasteiger partial charge in [-0.05, 0) is 31.7 Å². The summed E-state index contributed by atoms with van der Waals surface area (Å²) in [5.41, 5.74) is 0. The normalized spacial score (nSPS) is 25.4. The highest BCUT2D eigenvalue weighted by Crippen LogP contribution is 2.10. The Bertz CT molecular complexity index is 329. The Hall–Kier alpha value is -0.420. The summed E-state index contributed by atoms with van der Waals surface area (Å²) < 4.78 is 5.64. The van der Waals surface area contributed by atoms with Crippen LogP contribution in [0.15, 0.2) is 17.5 Å². The Labute approximate surface area is 114 Å². The van der Waals surface area contributed by atoms with Gasteiger partial charge in [0.15, 0.2) is 0 Å². The smallest absolute Gasteiger partial charge is 0.0674 e. The quantitative estimate of drug-likeness (QED) is 0.799. The van der Waals surface area contributed by atoms with Crippen molar-refractivity contribution in [2.45, 2.75) is 32.4 Å². The summed E-state index contributed by atoms with van der Waals surface area (Å²) in [7, 11) is 0. The summed E-state index contributed by atoms with van der Waals surface area (Å²) >= 11 is 1.84. The first kappa shape index (κ1) is 14.0. The molecule has 1 aromatic heterocycles. The Balaban J connectivity index is 1.57. The summed E-state index contributed by atoms with van der Waals surface area (Å²) in [6.07, 6.45) is 1.53. The highest BCUT2D eigenvalue weighted by Gasteiger charge is 2.22. The SMILES string of the molecule is CC1CN(CCNCCc2cccs2)C(C)CO1. The number of hydrogen-bond donors (Lipinski definition) is 1. The molecule has 1 saturated heterocycles. The van der Waals surface area contributed by atoms with Crippen molar-refractivity contribution in [1.82, 2.24) is 10.2 Å². The summed E-state index contributed by atoms with van der Waals surface area (Å²) in [4.78, 5) is 3.99. The van der Waals surface area contributed by atoms with E-state index in [4.69, 9.17) is 4.74 Å². The van der Waals surface area contributed by atoms with Gasteiger partial charge in [-0.3, -0.25) is 4.90 Å². The topological polar surface area (TPSA) is 24.5 Å². The van der Waals surface area contributed by atoms with Crippen LogP contribution in [-0.4, -0.2) is 49.8 Å². The van der Waals surface area contributed by atoms with Crippen LogP contribution in [0.2, 0.25) is 0 Å². The highest BCUT2D eigenvalue weighted by atomic mass is 32.1. The van der Waals surface area contributed by atoms with Crippen LogP contribution in [0.5, 0.6) is 0 Å². The highest BCUT2D eigenvalue weighted by molar-refractivity contribution is 7.09. The van der Waals surface area contributed by atoms with Crippen molar-refractivity contribution in [3.63, 3.8) is 0 Å². The van der Waals surface area contributed by atoms with Gasteiger partial charge in [-0.1, -0.05) is 6.07 Å². The van der Waals surface area contributed by atoms with Gasteiger partial charge in [-0.2, -0.15) is 0 Å². The molecule has 2 unspecified atom stereocenters. The molecule has 18 heavy (non-hydrogen) atoms. The fraction of sp³-hybridized carbons (Fsp3) is 0.714. The number of nitrogens with one attached hydrogen (secondary N) is 1. The third-order valence-corrected chi connectivity index (χ3v) is 4.38. The van der Waals surface area contributed by atoms with E-state index in [2.05, 4.69) is 41.6 Å². The molecule has 1 aliphatic rings. The van der Waals surface area contributed by atoms with Crippen molar-refractivity contribution in [3.8, 4) is 0 Å². The molecule has 0 aromatic carbocycles. The maximum Gasteiger partial charge on any atom is 0.0674 e. The van der Waals surface area contributed by atoms with E-state index in [0.29, 0.717) is 12.1 Å². The van der Waals surface area contributed by atoms with Crippen LogP contribution < -0.4 is 5.32 Å². The third-order valence-electron chi connectivity index (χ3n) is 3.44. The molecule has 0 saturated carbocycles. The van der Waals surface area contributed by atoms with Crippen LogP contribution in [0.1, 0.15) is 18.7 Å². The lowest BCUT2D eigenvalue weighted by Gasteiger charge is -2.36. The Kier molecular flexibility index (Phi) is 5.63. The Morgan fingerprint density at radius 1 is 1.44 bits per heavy atom. The lowest BCUT2D eigenvalue weighted by molar-refractivity contribution is -0.0485. The molecule has 2 heterocycles. The largest absolute Gasteiger partial charge is 0.376 e. The number of thiophene rings is 1. The van der Waals surface area contributed by atoms with Crippen LogP contribution in [-0.2, 0) is 11.2 Å². The van der Waals surface area contributed by atoms with Crippen molar-refractivity contribution < 1.29 is 4.74 Å². The maximum absolute atomic E-state index is 5.64. The molecule has 0 aliphatic carbocycles. The zero-order valence-electron chi connectivity index (χ0n) is 11.4. The van der Waals surface area contributed by atoms with Gasteiger partial charge >= 0.3 is 0 Å². The summed E-state index contributed by atoms with van der Waals surface area (Å²) in [6.45, 7) is 9.61. The number of rotatable bonds is 6. The van der Waals surface area contributed by atoms with Gasteiger partial charge in [-0.25, -0.2) is 0 Å². The van der Waals surface area contributed by atoms with E-state index in [1.165, 1.54) is 4.88 Å². The zero-order chi connectivity index (χ0) is 12.8. The van der Waals surface area contributed by atoms with Crippen LogP contribution in [0.4, 0.5) is 0 Å². The van der Waals surface area contributed by atoms with Gasteiger partial charge in [-0.15, -0.1) is 11.3 Å². The second-order valence-electron chi connectivity index (χ2n) is 5.07. The average molecular weight is 268 g/mol. The van der Waals surface area contributed by atoms with Crippen molar-refractivity contribution in [1.29, 1.82) is 0 Å². The second-order valence-corrected chi connectivity index (χ2v) is 6.10. The molecule has 102 valence electrons. The molecular weight excluding hydrogens is 244 g/mol. The minimum Gasteiger partial charge on any atom is -0.376 e. The van der Waals surface area contributed by atoms with Gasteiger partial charge in [0, 0.05) is 37.1 Å². The molecule has 3 nitrogen and oxygen atoms in total. The summed E-state index contributed by atoms with van der Waals surface area (Å²) in [6, 6.07) is 4.88. The van der Waals surface area contributed by atoms with Crippen molar-refractivity contribution in [2.24, 2.45) is 0 Å². The number of hydrogen-bond acceptors (Lipinski definition) is 4. The maximum atomic E-state index is 5.64. The van der Waals surface area contributed by atoms with Crippen LogP contribution in [0.25, 0.3) is 0 Å². The van der Waals surface area contributed by atoms with E-state index in [1.807, 2.05) is 11.3 Å². The van der Waals surface area contributed by atoms with E-state index in [1.54, 1.807) is 0 Å². The zero-order valence-corrected chi connectivity index (χ0v) is 12.2. The number of ether oxygens (including phenoxy) is 1. The first-order valence-corrected chi connectivity index (χ1v) is 7.72. The first-order chi connectivity index (χ1) is 8.75. The summed E-state index contributed by atoms with van der Waals surface area (Å²) in [5.74, 6) is 0. The molecule has 1 aromatic rings. The molecule has 0 amide bonds. The third kappa shape index (κ3) is 4.35. The first-order valence-electron chi connectivity index (χ1n) is 6.84. The summed E-state index contributed by atoms with van der Waals surface area (Å²) in [5, 5.41) is 5.68. The standard InChI is InChI=1S/C14H24N2OS/c1-12-11-17-13(2)10-16(12)8-7-15-6-5-14-4-3-9-18-14/h3-4,9,12-13,15H,5-8,10-11H2,1-2H3. The molecule has 1 N–H and O–H groups in total. The molecule has 0 spiro atoms. The molecule has 1 aliphatic heterocycles. The van der Waals surface area contributed by atoms with E-state index < -0.39 is 0 Å². The fourth-order valence-electron chi connectivity index (χ4n) is 2.30. The average Bonchev–Trinajstić information content (AvgIpc) is 2.86. The molecule has 2 atom stereocenters. The lowest BCUT2D eigenvalue weighted by atomic mass is 10.2. The number of morpholine rings is 1. The van der Waals surface area contributed by atoms with Crippen molar-refractivity contribution >= 4 is 11.3 Å². The van der Waals surface area contributed by atoms with E-state index in [9.17, 15) is 0 Å². The monoisotopic (exact) mass is 268 g/mol. The minimum atomic E-state index is 0.382. The van der Waals surface area contributed by atoms with Crippen LogP contribution in [0, 0.1) is 0 Å². The van der Waals surface area contributed by atoms with Gasteiger partial charge in [0.2, 0.25) is 0 Å². The van der Waals surface area contributed by atoms with Gasteiger partial charge in [0.05, 0.1) is 12.7 Å². The minimum absolute atomic E-state index is 0.382. The predicted octanol–water partition coefficient (Wildman–Crippen LogP) is 1.99. The van der Waals surface area contributed by atoms with E-state index >= 15 is 0 Å². The van der Waals surface area contributed by atoms with E-state index in [0.717, 1.165) is 39.2 Å². The molecule has 0 radical (unpaired) electrons. The predicted molar refractivity (Wildman–Crippen MR) is 77.3 cm³/mol. The van der Waals surface area contributed by atoms with Gasteiger partial charge in [0.1, 0.15) is 0 Å². The second kappa shape index (κ2) is 7.24. The van der Waals surface area contributed by atoms with Gasteiger partial charge in [0.25, 0.3) is 0 Å². The Morgan fingerprint density at radius 3 is 3.11 bits per heavy atom. The number of nitrogens with zero attached hydrogens (tertiary/aromatic N) is 1. The molecule has 0 bridgehead atoms. The molecule has 4 heteroatoms. The van der Waals surface area contributed by atoms with Crippen LogP contribution >= 0.6 is 11.3 Å². The van der Waals surface area contributed by atoms with Crippen LogP contribution in [0.3, 0.4) is 0 Å². The van der Waals surface area contributed by atoms with Gasteiger partial charge < -0.3 is 10.1 Å². The Morgan fingerprint density at radius 2 is 2.33 bits per heavy atom. The molecular formula is C14H24N2OS. The fourth-order valence-corrected chi connectivity index (χ4v) is 3.01. The van der Waals surface area contributed by atoms with Crippen molar-refractivity contribution in [3.05, 3.63) is 22.4 Å². The van der Waals surface area contributed by atoms with E-state index in [-0.39, 0.29) is 0 Å². The lowest BCUT2D eigenvalue weighted by Crippen LogP contribution is -2.49. The van der Waals surface area contributed by atoms with Crippen molar-refractivity contribution in [2.75, 3.05) is 32.8 Å². The molecule has 1 fully saturated rings. The molecule has 2 rings (SSSR count).